The Hall–Kier alpha value is -4.82. The maximum atomic E-state index is 13.0. The molecule has 450 valence electrons. The maximum Gasteiger partial charge on any atom is 0.330 e. The van der Waals surface area contributed by atoms with Gasteiger partial charge in [0.05, 0.1) is 79.8 Å². The number of hydrogen-bond donors (Lipinski definition) is 2. The van der Waals surface area contributed by atoms with Crippen molar-refractivity contribution in [2.24, 2.45) is 23.7 Å². The number of nitrogens with zero attached hydrogens (tertiary/aromatic N) is 3. The van der Waals surface area contributed by atoms with Crippen LogP contribution in [0.5, 0.6) is 0 Å². The van der Waals surface area contributed by atoms with E-state index in [1.54, 1.807) is 18.6 Å². The molecular formula is C65H84IN3O14. The third-order valence-corrected chi connectivity index (χ3v) is 18.6. The smallest absolute Gasteiger partial charge is 0.330 e. The minimum atomic E-state index is -0.504. The molecule has 6 fully saturated rings. The zero-order valence-corrected chi connectivity index (χ0v) is 51.0. The largest absolute Gasteiger partial charge is 0.458 e. The van der Waals surface area contributed by atoms with Crippen LogP contribution in [-0.4, -0.2) is 118 Å². The first kappa shape index (κ1) is 62.7. The molecule has 0 spiro atoms. The zero-order valence-electron chi connectivity index (χ0n) is 48.8. The second-order valence-corrected chi connectivity index (χ2v) is 25.0. The van der Waals surface area contributed by atoms with Crippen LogP contribution in [0.15, 0.2) is 104 Å². The van der Waals surface area contributed by atoms with Crippen molar-refractivity contribution < 1.29 is 66.5 Å². The van der Waals surface area contributed by atoms with Gasteiger partial charge in [-0.1, -0.05) is 106 Å². The number of carbonyl (C=O) groups excluding carboxylic acids is 2. The van der Waals surface area contributed by atoms with Gasteiger partial charge in [-0.3, -0.25) is 0 Å². The average molecular weight is 1260 g/mol. The number of rotatable bonds is 2. The van der Waals surface area contributed by atoms with E-state index in [1.165, 1.54) is 18.4 Å². The Bertz CT molecular complexity index is 2810. The Balaban J connectivity index is 0.000000200. The normalized spacial score (nSPS) is 40.2. The van der Waals surface area contributed by atoms with Crippen molar-refractivity contribution in [3.05, 3.63) is 129 Å². The molecule has 6 saturated heterocycles. The average Bonchev–Trinajstić information content (AvgIpc) is 4.26. The molecule has 8 aliphatic rings. The first-order valence-electron chi connectivity index (χ1n) is 29.8. The summed E-state index contributed by atoms with van der Waals surface area (Å²) in [6, 6.07) is 0. The highest BCUT2D eigenvalue weighted by Crippen LogP contribution is 2.42. The molecule has 0 aromatic carbocycles. The molecule has 18 heteroatoms. The lowest BCUT2D eigenvalue weighted by Crippen LogP contribution is -2.50. The Labute approximate surface area is 502 Å². The fraction of sp³-hybridized carbons (Fsp3) is 0.615. The lowest BCUT2D eigenvalue weighted by atomic mass is 9.79. The van der Waals surface area contributed by atoms with Crippen LogP contribution in [0.2, 0.25) is 0 Å². The molecule has 17 nitrogen and oxygen atoms in total. The number of aliphatic hydroxyl groups is 2. The van der Waals surface area contributed by atoms with Gasteiger partial charge >= 0.3 is 11.9 Å². The van der Waals surface area contributed by atoms with Crippen LogP contribution in [-0.2, 0) is 47.5 Å². The first-order chi connectivity index (χ1) is 39.9. The summed E-state index contributed by atoms with van der Waals surface area (Å²) in [5.41, 5.74) is 5.48. The minimum Gasteiger partial charge on any atom is -0.458 e. The number of oxazole rings is 2. The van der Waals surface area contributed by atoms with Gasteiger partial charge in [0, 0.05) is 61.5 Å². The molecule has 2 aromatic rings. The Morgan fingerprint density at radius 1 is 0.566 bits per heavy atom. The summed E-state index contributed by atoms with van der Waals surface area (Å²) in [4.78, 5) is 38.7. The van der Waals surface area contributed by atoms with Crippen LogP contribution in [0.1, 0.15) is 167 Å². The van der Waals surface area contributed by atoms with E-state index >= 15 is 0 Å². The monoisotopic (exact) mass is 1260 g/mol. The number of esters is 2. The number of aromatic nitrogens is 2. The molecule has 2 unspecified atom stereocenters. The number of carbonyl (C=O) groups is 2. The molecule has 0 amide bonds. The van der Waals surface area contributed by atoms with E-state index in [1.807, 2.05) is 55.2 Å². The predicted molar refractivity (Wildman–Crippen MR) is 319 cm³/mol. The zero-order chi connectivity index (χ0) is 58.9. The number of aliphatic hydroxyl groups excluding tert-OH is 2. The molecule has 2 N–H and O–H groups in total. The second kappa shape index (κ2) is 29.0. The van der Waals surface area contributed by atoms with Gasteiger partial charge in [-0.05, 0) is 98.5 Å². The SMILES string of the molecule is C=C1C[C@@H]2C[C@@H]3C[C@@H](O)C[C@@H](O3)c3coc(n3)/C=C/C[C@H]3O[C@@H](/C(C)=C/I)[C@H](C)C(OC(=O)/C=C\C[C@@H](C1)O2)[C@H]3C.[C-]#[N+]/C=C(\C)[C@@H]1O[C@@H]2C/C=C/c3nc(co3)[C@H]3C[C@H](O)C[C@@H](C[C@H]4CC(=C)C[C@H](C/C=C\C(=O)OC([C@H]2C)[C@H]1C)O4)O3. The molecule has 0 aliphatic carbocycles. The Morgan fingerprint density at radius 3 is 1.42 bits per heavy atom. The maximum absolute atomic E-state index is 13.0. The van der Waals surface area contributed by atoms with Gasteiger partial charge < -0.3 is 56.9 Å². The standard InChI is InChI=1S/C33H42N2O7.C32H42INO7/c1-19-12-24-8-6-11-31(37)42-33-21(3)28(41-32(22(33)4)20(2)17-34-5)9-7-10-30-35-27(18-38-30)29-15-23(36)14-26(40-29)16-25(13-19)39-24;1-18-11-23-7-5-10-30(36)41-32-20(3)27(40-31(21(32)4)19(2)16-33)8-6-9-29-34-26(17-37-29)28-14-22(35)13-25(39-28)15-24(12-18)38-23/h6-7,10-11,17-18,21-26,28-29,32-33,36H,1,8-9,12-16H2,2-4H3;5-6,9-10,16-17,20-25,27-28,31-32,35H,1,7-8,11-15H2,2-4H3/b10-7+,11-6-,20-17+;9-6+,10-5-,19-16+/t21-,22-,23+,24-,25+,26-,28+,29+,32-,33?;20-,21-,22+,23-,24+,25-,27+,28+,31-,32?/m00/s1. The van der Waals surface area contributed by atoms with Crippen molar-refractivity contribution in [2.45, 2.75) is 229 Å². The third kappa shape index (κ3) is 16.6. The van der Waals surface area contributed by atoms with Crippen molar-refractivity contribution in [1.82, 2.24) is 9.97 Å². The van der Waals surface area contributed by atoms with Gasteiger partial charge in [-0.2, -0.15) is 0 Å². The van der Waals surface area contributed by atoms with E-state index in [-0.39, 0.29) is 109 Å². The molecule has 83 heavy (non-hydrogen) atoms. The summed E-state index contributed by atoms with van der Waals surface area (Å²) >= 11 is 2.23. The molecule has 0 saturated carbocycles. The Morgan fingerprint density at radius 2 is 0.988 bits per heavy atom. The summed E-state index contributed by atoms with van der Waals surface area (Å²) < 4.78 is 64.3. The van der Waals surface area contributed by atoms with Crippen LogP contribution < -0.4 is 0 Å². The van der Waals surface area contributed by atoms with Crippen LogP contribution in [0.25, 0.3) is 17.0 Å². The quantitative estimate of drug-likeness (QED) is 0.124. The lowest BCUT2D eigenvalue weighted by Gasteiger charge is -2.44. The van der Waals surface area contributed by atoms with E-state index < -0.39 is 24.3 Å². The van der Waals surface area contributed by atoms with Crippen molar-refractivity contribution in [3.63, 3.8) is 0 Å². The molecular weight excluding hydrogens is 1170 g/mol. The highest BCUT2D eigenvalue weighted by atomic mass is 127. The molecule has 8 aliphatic heterocycles. The second-order valence-electron chi connectivity index (χ2n) is 24.4. The summed E-state index contributed by atoms with van der Waals surface area (Å²) in [6.45, 7) is 27.9. The molecule has 2 aromatic heterocycles. The summed E-state index contributed by atoms with van der Waals surface area (Å²) in [5, 5.41) is 21.3. The van der Waals surface area contributed by atoms with E-state index in [0.717, 1.165) is 48.0 Å². The van der Waals surface area contributed by atoms with Crippen LogP contribution >= 0.6 is 22.6 Å². The Kier molecular flexibility index (Phi) is 21.9. The lowest BCUT2D eigenvalue weighted by molar-refractivity contribution is -0.180. The summed E-state index contributed by atoms with van der Waals surface area (Å²) in [5.74, 6) is -0.0633. The van der Waals surface area contributed by atoms with Gasteiger partial charge in [0.1, 0.15) is 48.3 Å². The van der Waals surface area contributed by atoms with Gasteiger partial charge in [-0.15, -0.1) is 0 Å². The number of hydrogen-bond acceptors (Lipinski definition) is 16. The van der Waals surface area contributed by atoms with Crippen LogP contribution in [0.3, 0.4) is 0 Å². The van der Waals surface area contributed by atoms with E-state index in [4.69, 9.17) is 53.3 Å². The van der Waals surface area contributed by atoms with E-state index in [2.05, 4.69) is 71.3 Å². The van der Waals surface area contributed by atoms with Crippen molar-refractivity contribution in [1.29, 1.82) is 0 Å². The van der Waals surface area contributed by atoms with Gasteiger partial charge in [0.2, 0.25) is 11.8 Å². The summed E-state index contributed by atoms with van der Waals surface area (Å²) in [7, 11) is 0. The number of halogens is 1. The van der Waals surface area contributed by atoms with Gasteiger partial charge in [-0.25, -0.2) is 24.4 Å². The van der Waals surface area contributed by atoms with Crippen LogP contribution in [0.4, 0.5) is 0 Å². The topological polar surface area (TPSA) is 205 Å². The van der Waals surface area contributed by atoms with Crippen molar-refractivity contribution in [3.8, 4) is 0 Å². The van der Waals surface area contributed by atoms with E-state index in [0.29, 0.717) is 87.4 Å². The molecule has 10 rings (SSSR count). The van der Waals surface area contributed by atoms with Gasteiger partial charge in [0.15, 0.2) is 6.20 Å². The highest BCUT2D eigenvalue weighted by Gasteiger charge is 2.46. The predicted octanol–water partition coefficient (Wildman–Crippen LogP) is 12.3. The number of fused-ring (bicyclic) bond motifs is 18. The third-order valence-electron chi connectivity index (χ3n) is 17.6. The molecule has 0 radical (unpaired) electrons. The minimum absolute atomic E-state index is 0.00460. The molecule has 10 heterocycles. The fourth-order valence-corrected chi connectivity index (χ4v) is 13.8. The molecule has 16 bridgehead atoms. The van der Waals surface area contributed by atoms with Crippen molar-refractivity contribution >= 4 is 46.7 Å². The first-order valence-corrected chi connectivity index (χ1v) is 31.0. The highest BCUT2D eigenvalue weighted by molar-refractivity contribution is 14.1. The van der Waals surface area contributed by atoms with Crippen molar-refractivity contribution in [2.75, 3.05) is 0 Å². The van der Waals surface area contributed by atoms with Crippen LogP contribution in [0, 0.1) is 30.2 Å². The van der Waals surface area contributed by atoms with Gasteiger partial charge in [0.25, 0.3) is 0 Å². The summed E-state index contributed by atoms with van der Waals surface area (Å²) in [6.07, 6.45) is 23.6. The fourth-order valence-electron chi connectivity index (χ4n) is 13.5. The number of ether oxygens (including phenoxy) is 8. The molecule has 20 atom stereocenters. The van der Waals surface area contributed by atoms with E-state index in [9.17, 15) is 19.8 Å².